The standard InChI is InChI=1S/C39H55N7O5/c1-26(51-22-28-12-8-5-9-13-28)33(37(50)46-15-14-30(46)17-40)42-34(47)32-21-43(23-39(32)24-44(25-39)36(49)31-16-38(31,2)3)35(48)29-18-41-45(20-29)19-27-10-6-4-7-11-27/h4,6-7,10-11,18,20,26,28,30-33H,5,8-9,12-17,19,21-25,40H2,1-3H3,(H,42,47)/t26-,30-,31-,32+,33+/m1/s1. The molecule has 276 valence electrons. The van der Waals surface area contributed by atoms with Crippen molar-refractivity contribution in [3.05, 3.63) is 53.9 Å². The van der Waals surface area contributed by atoms with E-state index in [-0.39, 0.29) is 47.5 Å². The second kappa shape index (κ2) is 14.3. The average molecular weight is 702 g/mol. The number of hydrogen-bond acceptors (Lipinski definition) is 7. The van der Waals surface area contributed by atoms with Gasteiger partial charge in [0, 0.05) is 69.4 Å². The van der Waals surface area contributed by atoms with Gasteiger partial charge in [0.2, 0.25) is 17.7 Å². The van der Waals surface area contributed by atoms with Crippen LogP contribution in [0, 0.1) is 28.6 Å². The number of aromatic nitrogens is 2. The molecular weight excluding hydrogens is 646 g/mol. The molecule has 1 aromatic heterocycles. The molecule has 2 aliphatic carbocycles. The fourth-order valence-corrected chi connectivity index (χ4v) is 8.82. The van der Waals surface area contributed by atoms with Crippen LogP contribution < -0.4 is 11.1 Å². The predicted octanol–water partition coefficient (Wildman–Crippen LogP) is 2.91. The molecule has 12 nitrogen and oxygen atoms in total. The van der Waals surface area contributed by atoms with Gasteiger partial charge in [-0.1, -0.05) is 63.4 Å². The predicted molar refractivity (Wildman–Crippen MR) is 191 cm³/mol. The molecule has 1 spiro atoms. The lowest BCUT2D eigenvalue weighted by Crippen LogP contribution is -2.66. The molecule has 3 N–H and O–H groups in total. The lowest BCUT2D eigenvalue weighted by molar-refractivity contribution is -0.154. The monoisotopic (exact) mass is 701 g/mol. The van der Waals surface area contributed by atoms with E-state index in [1.165, 1.54) is 19.3 Å². The minimum absolute atomic E-state index is 0.00616. The minimum Gasteiger partial charge on any atom is -0.376 e. The van der Waals surface area contributed by atoms with Crippen LogP contribution in [0.15, 0.2) is 42.7 Å². The molecule has 7 rings (SSSR count). The van der Waals surface area contributed by atoms with Gasteiger partial charge in [-0.05, 0) is 49.5 Å². The van der Waals surface area contributed by atoms with Crippen LogP contribution in [0.2, 0.25) is 0 Å². The number of amides is 4. The molecule has 4 heterocycles. The Bertz CT molecular complexity index is 1600. The van der Waals surface area contributed by atoms with Crippen molar-refractivity contribution in [1.82, 2.24) is 29.8 Å². The number of ether oxygens (including phenoxy) is 1. The number of nitrogens with zero attached hydrogens (tertiary/aromatic N) is 5. The smallest absolute Gasteiger partial charge is 0.257 e. The van der Waals surface area contributed by atoms with E-state index in [1.54, 1.807) is 26.9 Å². The first-order chi connectivity index (χ1) is 24.5. The van der Waals surface area contributed by atoms with Gasteiger partial charge in [-0.25, -0.2) is 0 Å². The van der Waals surface area contributed by atoms with Crippen LogP contribution in [0.5, 0.6) is 0 Å². The van der Waals surface area contributed by atoms with E-state index in [9.17, 15) is 19.2 Å². The molecule has 3 aliphatic heterocycles. The van der Waals surface area contributed by atoms with Gasteiger partial charge in [-0.2, -0.15) is 5.10 Å². The van der Waals surface area contributed by atoms with Crippen molar-refractivity contribution in [2.75, 3.05) is 45.9 Å². The largest absolute Gasteiger partial charge is 0.376 e. The number of likely N-dealkylation sites (tertiary alicyclic amines) is 3. The highest BCUT2D eigenvalue weighted by molar-refractivity contribution is 5.96. The van der Waals surface area contributed by atoms with Gasteiger partial charge in [0.1, 0.15) is 6.04 Å². The van der Waals surface area contributed by atoms with Crippen LogP contribution in [0.1, 0.15) is 81.6 Å². The zero-order valence-corrected chi connectivity index (χ0v) is 30.5. The third-order valence-corrected chi connectivity index (χ3v) is 12.5. The van der Waals surface area contributed by atoms with E-state index in [2.05, 4.69) is 24.3 Å². The summed E-state index contributed by atoms with van der Waals surface area (Å²) in [6, 6.07) is 9.01. The number of hydrogen-bond donors (Lipinski definition) is 2. The van der Waals surface area contributed by atoms with Gasteiger partial charge < -0.3 is 30.5 Å². The van der Waals surface area contributed by atoms with Crippen molar-refractivity contribution >= 4 is 23.6 Å². The van der Waals surface area contributed by atoms with E-state index in [1.807, 2.05) is 42.2 Å². The van der Waals surface area contributed by atoms with Crippen LogP contribution >= 0.6 is 0 Å². The molecule has 2 aromatic rings. The van der Waals surface area contributed by atoms with Crippen LogP contribution in [0.25, 0.3) is 0 Å². The maximum atomic E-state index is 14.5. The summed E-state index contributed by atoms with van der Waals surface area (Å²) in [7, 11) is 0. The molecule has 1 aromatic carbocycles. The molecular formula is C39H55N7O5. The first-order valence-electron chi connectivity index (χ1n) is 19.0. The Morgan fingerprint density at radius 3 is 2.35 bits per heavy atom. The molecule has 3 saturated heterocycles. The molecule has 5 aliphatic rings. The highest BCUT2D eigenvalue weighted by atomic mass is 16.5. The second-order valence-electron chi connectivity index (χ2n) is 16.7. The van der Waals surface area contributed by atoms with Crippen LogP contribution in [-0.4, -0.2) is 112 Å². The van der Waals surface area contributed by atoms with Crippen LogP contribution in [-0.2, 0) is 25.7 Å². The zero-order valence-electron chi connectivity index (χ0n) is 30.5. The Kier molecular flexibility index (Phi) is 10.0. The number of carbonyl (C=O) groups excluding carboxylic acids is 4. The lowest BCUT2D eigenvalue weighted by atomic mass is 9.70. The third-order valence-electron chi connectivity index (χ3n) is 12.5. The number of nitrogens with one attached hydrogen (secondary N) is 1. The van der Waals surface area contributed by atoms with Crippen LogP contribution in [0.4, 0.5) is 0 Å². The first kappa shape index (κ1) is 35.6. The Labute approximate surface area is 301 Å². The van der Waals surface area contributed by atoms with Crippen molar-refractivity contribution in [3.8, 4) is 0 Å². The summed E-state index contributed by atoms with van der Waals surface area (Å²) in [5.74, 6) is -0.667. The highest BCUT2D eigenvalue weighted by Gasteiger charge is 2.62. The van der Waals surface area contributed by atoms with Crippen LogP contribution in [0.3, 0.4) is 0 Å². The summed E-state index contributed by atoms with van der Waals surface area (Å²) < 4.78 is 8.10. The molecule has 2 saturated carbocycles. The van der Waals surface area contributed by atoms with E-state index in [0.717, 1.165) is 31.2 Å². The van der Waals surface area contributed by atoms with Gasteiger partial charge >= 0.3 is 0 Å². The van der Waals surface area contributed by atoms with Crippen molar-refractivity contribution in [3.63, 3.8) is 0 Å². The van der Waals surface area contributed by atoms with Gasteiger partial charge in [0.15, 0.2) is 0 Å². The molecule has 5 fully saturated rings. The average Bonchev–Trinajstić information content (AvgIpc) is 3.40. The normalized spacial score (nSPS) is 26.3. The molecule has 51 heavy (non-hydrogen) atoms. The van der Waals surface area contributed by atoms with Gasteiger partial charge in [-0.3, -0.25) is 23.9 Å². The molecule has 0 bridgehead atoms. The zero-order chi connectivity index (χ0) is 35.9. The summed E-state index contributed by atoms with van der Waals surface area (Å²) in [4.78, 5) is 61.2. The van der Waals surface area contributed by atoms with E-state index in [4.69, 9.17) is 10.5 Å². The Morgan fingerprint density at radius 1 is 1.00 bits per heavy atom. The molecule has 12 heteroatoms. The molecule has 4 amide bonds. The quantitative estimate of drug-likeness (QED) is 0.347. The second-order valence-corrected chi connectivity index (χ2v) is 16.7. The maximum Gasteiger partial charge on any atom is 0.257 e. The topological polar surface area (TPSA) is 143 Å². The molecule has 0 radical (unpaired) electrons. The highest BCUT2D eigenvalue weighted by Crippen LogP contribution is 2.54. The van der Waals surface area contributed by atoms with E-state index in [0.29, 0.717) is 57.4 Å². The Hall–Kier alpha value is -3.77. The van der Waals surface area contributed by atoms with Crippen molar-refractivity contribution in [2.24, 2.45) is 34.3 Å². The van der Waals surface area contributed by atoms with Crippen molar-refractivity contribution in [1.29, 1.82) is 0 Å². The molecule has 5 atom stereocenters. The number of rotatable bonds is 12. The van der Waals surface area contributed by atoms with Gasteiger partial charge in [0.05, 0.1) is 30.3 Å². The summed E-state index contributed by atoms with van der Waals surface area (Å²) >= 11 is 0. The fourth-order valence-electron chi connectivity index (χ4n) is 8.82. The minimum atomic E-state index is -0.876. The summed E-state index contributed by atoms with van der Waals surface area (Å²) in [5, 5.41) is 7.58. The van der Waals surface area contributed by atoms with Crippen molar-refractivity contribution in [2.45, 2.75) is 90.4 Å². The molecule has 0 unspecified atom stereocenters. The van der Waals surface area contributed by atoms with E-state index < -0.39 is 23.5 Å². The summed E-state index contributed by atoms with van der Waals surface area (Å²) in [5.41, 5.74) is 6.90. The first-order valence-corrected chi connectivity index (χ1v) is 19.0. The third kappa shape index (κ3) is 7.31. The number of carbonyl (C=O) groups is 4. The number of benzene rings is 1. The summed E-state index contributed by atoms with van der Waals surface area (Å²) in [6.45, 7) is 9.51. The fraction of sp³-hybridized carbons (Fsp3) is 0.667. The number of nitrogens with two attached hydrogens (primary N) is 1. The lowest BCUT2D eigenvalue weighted by Gasteiger charge is -2.51. The Morgan fingerprint density at radius 2 is 1.71 bits per heavy atom. The van der Waals surface area contributed by atoms with Gasteiger partial charge in [-0.15, -0.1) is 0 Å². The summed E-state index contributed by atoms with van der Waals surface area (Å²) in [6.07, 6.45) is 10.4. The maximum absolute atomic E-state index is 14.5. The van der Waals surface area contributed by atoms with E-state index >= 15 is 0 Å². The van der Waals surface area contributed by atoms with Crippen molar-refractivity contribution < 1.29 is 23.9 Å². The Balaban J connectivity index is 1.08. The van der Waals surface area contributed by atoms with Gasteiger partial charge in [0.25, 0.3) is 5.91 Å². The SMILES string of the molecule is C[C@@H](OCC1CCCCC1)[C@H](NC(=O)[C@@H]1CN(C(=O)c2cnn(Cc3ccccc3)c2)CC12CN(C(=O)[C@H]1CC1(C)C)C2)C(=O)N1CC[C@@H]1CN.